The number of hydrogen-bond acceptors (Lipinski definition) is 2. The summed E-state index contributed by atoms with van der Waals surface area (Å²) in [5, 5.41) is 3.97. The maximum absolute atomic E-state index is 3.97. The second kappa shape index (κ2) is 8.22. The van der Waals surface area contributed by atoms with Crippen LogP contribution in [-0.2, 0) is 0 Å². The molecular formula is C23H38N2. The Bertz CT molecular complexity index is 500. The van der Waals surface area contributed by atoms with Gasteiger partial charge in [-0.1, -0.05) is 63.6 Å². The summed E-state index contributed by atoms with van der Waals surface area (Å²) in [7, 11) is 0. The molecule has 1 aliphatic heterocycles. The number of nitrogens with one attached hydrogen (secondary N) is 1. The van der Waals surface area contributed by atoms with Gasteiger partial charge in [-0.15, -0.1) is 0 Å². The molecule has 25 heavy (non-hydrogen) atoms. The first-order valence-electron chi connectivity index (χ1n) is 10.5. The first kappa shape index (κ1) is 18.9. The van der Waals surface area contributed by atoms with E-state index in [2.05, 4.69) is 67.4 Å². The summed E-state index contributed by atoms with van der Waals surface area (Å²) in [5.41, 5.74) is 0.844. The molecule has 2 fully saturated rings. The zero-order valence-corrected chi connectivity index (χ0v) is 16.6. The van der Waals surface area contributed by atoms with Crippen LogP contribution in [-0.4, -0.2) is 36.6 Å². The zero-order chi connectivity index (χ0) is 17.8. The Morgan fingerprint density at radius 2 is 1.80 bits per heavy atom. The molecule has 1 saturated carbocycles. The molecule has 2 nitrogen and oxygen atoms in total. The van der Waals surface area contributed by atoms with Crippen molar-refractivity contribution in [2.24, 2.45) is 17.3 Å². The Morgan fingerprint density at radius 1 is 1.04 bits per heavy atom. The van der Waals surface area contributed by atoms with Crippen LogP contribution in [0, 0.1) is 17.3 Å². The summed E-state index contributed by atoms with van der Waals surface area (Å²) >= 11 is 0. The maximum atomic E-state index is 3.97. The quantitative estimate of drug-likeness (QED) is 0.781. The van der Waals surface area contributed by atoms with E-state index < -0.39 is 0 Å². The fourth-order valence-electron chi connectivity index (χ4n) is 5.08. The molecule has 0 bridgehead atoms. The van der Waals surface area contributed by atoms with Crippen molar-refractivity contribution in [1.82, 2.24) is 10.2 Å². The molecule has 3 aliphatic rings. The van der Waals surface area contributed by atoms with Crippen LogP contribution in [0.5, 0.6) is 0 Å². The van der Waals surface area contributed by atoms with Crippen molar-refractivity contribution in [3.05, 3.63) is 36.5 Å². The van der Waals surface area contributed by atoms with E-state index in [0.29, 0.717) is 16.9 Å². The van der Waals surface area contributed by atoms with Gasteiger partial charge >= 0.3 is 0 Å². The van der Waals surface area contributed by atoms with Gasteiger partial charge in [0.05, 0.1) is 0 Å². The molecule has 2 heteroatoms. The van der Waals surface area contributed by atoms with E-state index in [-0.39, 0.29) is 0 Å². The normalized spacial score (nSPS) is 34.0. The Balaban J connectivity index is 1.65. The first-order valence-corrected chi connectivity index (χ1v) is 10.5. The van der Waals surface area contributed by atoms with E-state index in [1.807, 2.05) is 0 Å². The Hall–Kier alpha value is -0.860. The fraction of sp³-hybridized carbons (Fsp3) is 0.739. The van der Waals surface area contributed by atoms with E-state index in [1.165, 1.54) is 58.2 Å². The number of rotatable bonds is 3. The standard InChI is InChI=1S/C23H38N2/c1-4-20-11-12-23(14-13-22(2,3)17-20)19-25(16-15-24-23)18-21-9-7-5-6-8-10-21/h5-10,20-21,24H,4,11-19H2,1-3H3. The smallest absolute Gasteiger partial charge is 0.0309 e. The lowest BCUT2D eigenvalue weighted by molar-refractivity contribution is 0.0731. The second-order valence-electron chi connectivity index (χ2n) is 9.44. The summed E-state index contributed by atoms with van der Waals surface area (Å²) < 4.78 is 0. The number of hydrogen-bond donors (Lipinski definition) is 1. The van der Waals surface area contributed by atoms with Crippen LogP contribution < -0.4 is 5.32 Å². The molecule has 0 radical (unpaired) electrons. The van der Waals surface area contributed by atoms with E-state index in [4.69, 9.17) is 0 Å². The maximum Gasteiger partial charge on any atom is 0.0309 e. The highest BCUT2D eigenvalue weighted by Crippen LogP contribution is 2.41. The van der Waals surface area contributed by atoms with Crippen molar-refractivity contribution in [2.45, 2.75) is 64.8 Å². The molecule has 1 N–H and O–H groups in total. The molecule has 2 aliphatic carbocycles. The highest BCUT2D eigenvalue weighted by Gasteiger charge is 2.39. The highest BCUT2D eigenvalue weighted by atomic mass is 15.2. The Kier molecular flexibility index (Phi) is 6.22. The Labute approximate surface area is 155 Å². The van der Waals surface area contributed by atoms with Crippen LogP contribution in [0.15, 0.2) is 36.5 Å². The molecular weight excluding hydrogens is 304 g/mol. The SMILES string of the molecule is CCC1CCC2(CCC(C)(C)C1)CN(CC1C=CC=CC=C1)CCN2. The molecule has 0 amide bonds. The summed E-state index contributed by atoms with van der Waals surface area (Å²) in [6, 6.07) is 0. The van der Waals surface area contributed by atoms with Crippen molar-refractivity contribution in [3.63, 3.8) is 0 Å². The number of nitrogens with zero attached hydrogens (tertiary/aromatic N) is 1. The van der Waals surface area contributed by atoms with Gasteiger partial charge in [0.1, 0.15) is 0 Å². The summed E-state index contributed by atoms with van der Waals surface area (Å²) in [6.45, 7) is 12.1. The van der Waals surface area contributed by atoms with Crippen molar-refractivity contribution >= 4 is 0 Å². The lowest BCUT2D eigenvalue weighted by atomic mass is 9.69. The van der Waals surface area contributed by atoms with Crippen LogP contribution >= 0.6 is 0 Å². The van der Waals surface area contributed by atoms with Gasteiger partial charge in [0.15, 0.2) is 0 Å². The van der Waals surface area contributed by atoms with Gasteiger partial charge < -0.3 is 5.32 Å². The molecule has 1 saturated heterocycles. The lowest BCUT2D eigenvalue weighted by Crippen LogP contribution is -2.61. The summed E-state index contributed by atoms with van der Waals surface area (Å²) in [5.74, 6) is 1.46. The van der Waals surface area contributed by atoms with Crippen molar-refractivity contribution in [3.8, 4) is 0 Å². The first-order chi connectivity index (χ1) is 12.0. The zero-order valence-electron chi connectivity index (χ0n) is 16.6. The average molecular weight is 343 g/mol. The lowest BCUT2D eigenvalue weighted by Gasteiger charge is -2.48. The predicted molar refractivity (Wildman–Crippen MR) is 109 cm³/mol. The monoisotopic (exact) mass is 342 g/mol. The van der Waals surface area contributed by atoms with Gasteiger partial charge in [-0.2, -0.15) is 0 Å². The van der Waals surface area contributed by atoms with E-state index in [1.54, 1.807) is 0 Å². The minimum absolute atomic E-state index is 0.347. The summed E-state index contributed by atoms with van der Waals surface area (Å²) in [6.07, 6.45) is 21.6. The molecule has 0 aromatic carbocycles. The van der Waals surface area contributed by atoms with Gasteiger partial charge in [-0.3, -0.25) is 4.90 Å². The third kappa shape index (κ3) is 5.31. The van der Waals surface area contributed by atoms with Crippen LogP contribution in [0.25, 0.3) is 0 Å². The van der Waals surface area contributed by atoms with Gasteiger partial charge in [0.25, 0.3) is 0 Å². The van der Waals surface area contributed by atoms with Gasteiger partial charge in [0.2, 0.25) is 0 Å². The topological polar surface area (TPSA) is 15.3 Å². The average Bonchev–Trinajstić information content (AvgIpc) is 2.85. The van der Waals surface area contributed by atoms with Gasteiger partial charge in [0, 0.05) is 37.6 Å². The largest absolute Gasteiger partial charge is 0.309 e. The molecule has 3 rings (SSSR count). The van der Waals surface area contributed by atoms with Crippen LogP contribution in [0.4, 0.5) is 0 Å². The molecule has 2 atom stereocenters. The van der Waals surface area contributed by atoms with E-state index >= 15 is 0 Å². The molecule has 0 aromatic heterocycles. The van der Waals surface area contributed by atoms with Crippen molar-refractivity contribution in [2.75, 3.05) is 26.2 Å². The second-order valence-corrected chi connectivity index (χ2v) is 9.44. The van der Waals surface area contributed by atoms with Gasteiger partial charge in [-0.05, 0) is 43.4 Å². The molecule has 1 heterocycles. The third-order valence-corrected chi connectivity index (χ3v) is 6.70. The third-order valence-electron chi connectivity index (χ3n) is 6.70. The molecule has 2 unspecified atom stereocenters. The minimum atomic E-state index is 0.347. The van der Waals surface area contributed by atoms with Crippen LogP contribution in [0.2, 0.25) is 0 Å². The molecule has 1 spiro atoms. The fourth-order valence-corrected chi connectivity index (χ4v) is 5.08. The number of piperazine rings is 1. The molecule has 140 valence electrons. The van der Waals surface area contributed by atoms with E-state index in [9.17, 15) is 0 Å². The van der Waals surface area contributed by atoms with Crippen LogP contribution in [0.3, 0.4) is 0 Å². The van der Waals surface area contributed by atoms with E-state index in [0.717, 1.165) is 12.5 Å². The van der Waals surface area contributed by atoms with Crippen LogP contribution in [0.1, 0.15) is 59.3 Å². The van der Waals surface area contributed by atoms with Crippen molar-refractivity contribution in [1.29, 1.82) is 0 Å². The van der Waals surface area contributed by atoms with Crippen molar-refractivity contribution < 1.29 is 0 Å². The molecule has 0 aromatic rings. The minimum Gasteiger partial charge on any atom is -0.309 e. The van der Waals surface area contributed by atoms with Gasteiger partial charge in [-0.25, -0.2) is 0 Å². The Morgan fingerprint density at radius 3 is 2.52 bits per heavy atom. The summed E-state index contributed by atoms with van der Waals surface area (Å²) in [4.78, 5) is 2.72. The number of allylic oxidation sites excluding steroid dienone is 4. The highest BCUT2D eigenvalue weighted by molar-refractivity contribution is 5.19. The predicted octanol–water partition coefficient (Wildman–Crippen LogP) is 4.95.